The molecule has 0 aromatic carbocycles. The first-order chi connectivity index (χ1) is 7.38. The maximum absolute atomic E-state index is 11.5. The third kappa shape index (κ3) is 4.49. The fraction of sp³-hybridized carbons (Fsp3) is 0.583. The monoisotopic (exact) mass is 223 g/mol. The molecule has 0 aliphatic carbocycles. The van der Waals surface area contributed by atoms with E-state index >= 15 is 0 Å². The molecule has 2 N–H and O–H groups in total. The summed E-state index contributed by atoms with van der Waals surface area (Å²) in [6.07, 6.45) is 1.97. The zero-order chi connectivity index (χ0) is 12.2. The summed E-state index contributed by atoms with van der Waals surface area (Å²) < 4.78 is 2.00. The van der Waals surface area contributed by atoms with Crippen molar-refractivity contribution in [1.29, 1.82) is 0 Å². The van der Waals surface area contributed by atoms with E-state index in [4.69, 9.17) is 0 Å². The highest BCUT2D eigenvalue weighted by atomic mass is 16.1. The molecule has 1 rings (SSSR count). The van der Waals surface area contributed by atoms with Crippen LogP contribution in [0, 0.1) is 0 Å². The molecule has 1 aromatic heterocycles. The summed E-state index contributed by atoms with van der Waals surface area (Å²) in [7, 11) is 1.97. The van der Waals surface area contributed by atoms with Gasteiger partial charge in [0.2, 0.25) is 5.91 Å². The third-order valence-electron chi connectivity index (χ3n) is 2.30. The van der Waals surface area contributed by atoms with E-state index in [1.807, 2.05) is 50.7 Å². The van der Waals surface area contributed by atoms with Gasteiger partial charge in [0, 0.05) is 24.5 Å². The number of rotatable bonds is 4. The standard InChI is InChI=1S/C12H21N3O/c1-12(2,3)14-9-11(16)13-8-10-6-5-7-15(10)4/h5-7,14H,8-9H2,1-4H3,(H,13,16). The average molecular weight is 223 g/mol. The van der Waals surface area contributed by atoms with E-state index in [-0.39, 0.29) is 11.4 Å². The molecule has 0 radical (unpaired) electrons. The number of carbonyl (C=O) groups excluding carboxylic acids is 1. The average Bonchev–Trinajstić information content (AvgIpc) is 2.57. The number of amides is 1. The highest BCUT2D eigenvalue weighted by Crippen LogP contribution is 1.99. The first kappa shape index (κ1) is 12.8. The normalized spacial score (nSPS) is 11.5. The molecule has 0 atom stereocenters. The van der Waals surface area contributed by atoms with Crippen LogP contribution in [0.5, 0.6) is 0 Å². The van der Waals surface area contributed by atoms with Crippen molar-refractivity contribution in [3.8, 4) is 0 Å². The summed E-state index contributed by atoms with van der Waals surface area (Å²) >= 11 is 0. The van der Waals surface area contributed by atoms with Crippen molar-refractivity contribution < 1.29 is 4.79 Å². The van der Waals surface area contributed by atoms with Gasteiger partial charge < -0.3 is 15.2 Å². The molecule has 0 saturated carbocycles. The molecule has 0 fully saturated rings. The molecule has 0 spiro atoms. The summed E-state index contributed by atoms with van der Waals surface area (Å²) in [5.41, 5.74) is 1.08. The van der Waals surface area contributed by atoms with Crippen molar-refractivity contribution in [2.45, 2.75) is 32.9 Å². The van der Waals surface area contributed by atoms with E-state index in [1.165, 1.54) is 0 Å². The maximum atomic E-state index is 11.5. The summed E-state index contributed by atoms with van der Waals surface area (Å²) in [6.45, 7) is 7.05. The Hall–Kier alpha value is -1.29. The third-order valence-corrected chi connectivity index (χ3v) is 2.30. The largest absolute Gasteiger partial charge is 0.353 e. The Kier molecular flexibility index (Phi) is 4.12. The topological polar surface area (TPSA) is 46.1 Å². The van der Waals surface area contributed by atoms with Crippen molar-refractivity contribution in [2.75, 3.05) is 6.54 Å². The molecule has 0 unspecified atom stereocenters. The second-order valence-electron chi connectivity index (χ2n) is 4.99. The van der Waals surface area contributed by atoms with Gasteiger partial charge in [-0.15, -0.1) is 0 Å². The van der Waals surface area contributed by atoms with E-state index < -0.39 is 0 Å². The van der Waals surface area contributed by atoms with E-state index in [0.29, 0.717) is 13.1 Å². The predicted molar refractivity (Wildman–Crippen MR) is 65.0 cm³/mol. The minimum absolute atomic E-state index is 0.0242. The van der Waals surface area contributed by atoms with Crippen molar-refractivity contribution in [1.82, 2.24) is 15.2 Å². The highest BCUT2D eigenvalue weighted by molar-refractivity contribution is 5.78. The second-order valence-corrected chi connectivity index (χ2v) is 4.99. The van der Waals surface area contributed by atoms with Gasteiger partial charge in [-0.05, 0) is 32.9 Å². The number of hydrogen-bond acceptors (Lipinski definition) is 2. The highest BCUT2D eigenvalue weighted by Gasteiger charge is 2.11. The summed E-state index contributed by atoms with van der Waals surface area (Å²) in [4.78, 5) is 11.5. The van der Waals surface area contributed by atoms with Crippen LogP contribution < -0.4 is 10.6 Å². The molecular weight excluding hydrogens is 202 g/mol. The molecule has 4 heteroatoms. The summed E-state index contributed by atoms with van der Waals surface area (Å²) in [5.74, 6) is 0.0242. The lowest BCUT2D eigenvalue weighted by Crippen LogP contribution is -2.43. The van der Waals surface area contributed by atoms with Crippen LogP contribution in [0.1, 0.15) is 26.5 Å². The Balaban J connectivity index is 2.29. The molecular formula is C12H21N3O. The zero-order valence-corrected chi connectivity index (χ0v) is 10.5. The molecule has 90 valence electrons. The van der Waals surface area contributed by atoms with Crippen LogP contribution in [0.25, 0.3) is 0 Å². The number of nitrogens with one attached hydrogen (secondary N) is 2. The molecule has 4 nitrogen and oxygen atoms in total. The molecule has 0 aliphatic heterocycles. The van der Waals surface area contributed by atoms with Gasteiger partial charge >= 0.3 is 0 Å². The Bertz CT molecular complexity index is 349. The Morgan fingerprint density at radius 1 is 1.44 bits per heavy atom. The van der Waals surface area contributed by atoms with Gasteiger partial charge in [0.1, 0.15) is 0 Å². The SMILES string of the molecule is Cn1cccc1CNC(=O)CNC(C)(C)C. The molecule has 1 aromatic rings. The fourth-order valence-electron chi connectivity index (χ4n) is 1.28. The minimum atomic E-state index is -0.0255. The Labute approximate surface area is 97.0 Å². The molecule has 16 heavy (non-hydrogen) atoms. The van der Waals surface area contributed by atoms with Crippen molar-refractivity contribution in [3.63, 3.8) is 0 Å². The maximum Gasteiger partial charge on any atom is 0.234 e. The summed E-state index contributed by atoms with van der Waals surface area (Å²) in [5, 5.41) is 6.02. The quantitative estimate of drug-likeness (QED) is 0.801. The van der Waals surface area contributed by atoms with E-state index in [2.05, 4.69) is 10.6 Å². The van der Waals surface area contributed by atoms with Crippen LogP contribution in [-0.4, -0.2) is 22.6 Å². The number of nitrogens with zero attached hydrogens (tertiary/aromatic N) is 1. The smallest absolute Gasteiger partial charge is 0.234 e. The van der Waals surface area contributed by atoms with Crippen LogP contribution in [0.4, 0.5) is 0 Å². The van der Waals surface area contributed by atoms with Gasteiger partial charge in [-0.3, -0.25) is 4.79 Å². The minimum Gasteiger partial charge on any atom is -0.353 e. The van der Waals surface area contributed by atoms with Crippen molar-refractivity contribution in [2.24, 2.45) is 7.05 Å². The van der Waals surface area contributed by atoms with E-state index in [1.54, 1.807) is 0 Å². The predicted octanol–water partition coefficient (Wildman–Crippen LogP) is 1.03. The molecule has 0 bridgehead atoms. The Morgan fingerprint density at radius 3 is 2.62 bits per heavy atom. The van der Waals surface area contributed by atoms with Crippen LogP contribution in [-0.2, 0) is 18.4 Å². The van der Waals surface area contributed by atoms with Gasteiger partial charge in [0.25, 0.3) is 0 Å². The lowest BCUT2D eigenvalue weighted by atomic mass is 10.1. The summed E-state index contributed by atoms with van der Waals surface area (Å²) in [6, 6.07) is 3.96. The number of aryl methyl sites for hydroxylation is 1. The van der Waals surface area contributed by atoms with Crippen LogP contribution in [0.15, 0.2) is 18.3 Å². The molecule has 1 amide bonds. The second kappa shape index (κ2) is 5.16. The lowest BCUT2D eigenvalue weighted by Gasteiger charge is -2.20. The van der Waals surface area contributed by atoms with E-state index in [0.717, 1.165) is 5.69 Å². The number of carbonyl (C=O) groups is 1. The van der Waals surface area contributed by atoms with E-state index in [9.17, 15) is 4.79 Å². The molecule has 0 aliphatic rings. The Morgan fingerprint density at radius 2 is 2.12 bits per heavy atom. The fourth-order valence-corrected chi connectivity index (χ4v) is 1.28. The number of hydrogen-bond donors (Lipinski definition) is 2. The van der Waals surface area contributed by atoms with Crippen LogP contribution >= 0.6 is 0 Å². The van der Waals surface area contributed by atoms with Gasteiger partial charge in [0.15, 0.2) is 0 Å². The van der Waals surface area contributed by atoms with Gasteiger partial charge in [-0.2, -0.15) is 0 Å². The van der Waals surface area contributed by atoms with Crippen molar-refractivity contribution in [3.05, 3.63) is 24.0 Å². The van der Waals surface area contributed by atoms with Gasteiger partial charge in [-0.25, -0.2) is 0 Å². The van der Waals surface area contributed by atoms with Crippen molar-refractivity contribution >= 4 is 5.91 Å². The molecule has 0 saturated heterocycles. The molecule has 1 heterocycles. The van der Waals surface area contributed by atoms with Gasteiger partial charge in [-0.1, -0.05) is 0 Å². The van der Waals surface area contributed by atoms with Gasteiger partial charge in [0.05, 0.1) is 13.1 Å². The first-order valence-corrected chi connectivity index (χ1v) is 5.50. The van der Waals surface area contributed by atoms with Crippen LogP contribution in [0.3, 0.4) is 0 Å². The lowest BCUT2D eigenvalue weighted by molar-refractivity contribution is -0.120. The number of aromatic nitrogens is 1. The van der Waals surface area contributed by atoms with Crippen LogP contribution in [0.2, 0.25) is 0 Å². The first-order valence-electron chi connectivity index (χ1n) is 5.50. The zero-order valence-electron chi connectivity index (χ0n) is 10.5.